The molecule has 3 rings (SSSR count). The van der Waals surface area contributed by atoms with Gasteiger partial charge in [-0.3, -0.25) is 10.2 Å². The monoisotopic (exact) mass is 439 g/mol. The Morgan fingerprint density at radius 2 is 1.58 bits per heavy atom. The van der Waals surface area contributed by atoms with Crippen molar-refractivity contribution in [2.45, 2.75) is 26.2 Å². The van der Waals surface area contributed by atoms with E-state index in [2.05, 4.69) is 16.6 Å². The lowest BCUT2D eigenvalue weighted by Gasteiger charge is -2.27. The number of aryl methyl sites for hydroxylation is 1. The number of carbonyl (C=O) groups excluding carboxylic acids is 2. The first-order chi connectivity index (χ1) is 15.9. The van der Waals surface area contributed by atoms with E-state index in [-0.39, 0.29) is 18.1 Å². The molecular formula is C27H25N3O3. The van der Waals surface area contributed by atoms with Gasteiger partial charge < -0.3 is 4.74 Å². The van der Waals surface area contributed by atoms with Gasteiger partial charge in [-0.15, -0.1) is 0 Å². The van der Waals surface area contributed by atoms with Crippen molar-refractivity contribution in [1.29, 1.82) is 5.26 Å². The van der Waals surface area contributed by atoms with E-state index in [1.807, 2.05) is 37.3 Å². The zero-order valence-electron chi connectivity index (χ0n) is 18.8. The Labute approximate surface area is 193 Å². The van der Waals surface area contributed by atoms with Crippen LogP contribution < -0.4 is 5.43 Å². The maximum Gasteiger partial charge on any atom is 0.354 e. The van der Waals surface area contributed by atoms with Crippen molar-refractivity contribution < 1.29 is 14.3 Å². The lowest BCUT2D eigenvalue weighted by molar-refractivity contribution is -0.135. The molecule has 33 heavy (non-hydrogen) atoms. The van der Waals surface area contributed by atoms with Crippen molar-refractivity contribution in [2.75, 3.05) is 12.0 Å². The Balaban J connectivity index is 2.01. The maximum absolute atomic E-state index is 13.7. The molecule has 0 fully saturated rings. The van der Waals surface area contributed by atoms with Crippen LogP contribution in [-0.2, 0) is 14.9 Å². The number of hydrogen-bond donors (Lipinski definition) is 1. The van der Waals surface area contributed by atoms with Gasteiger partial charge in [0, 0.05) is 5.56 Å². The molecule has 1 atom stereocenters. The molecule has 3 aromatic carbocycles. The predicted octanol–water partition coefficient (Wildman–Crippen LogP) is 5.04. The normalized spacial score (nSPS) is 12.8. The Bertz CT molecular complexity index is 1190. The van der Waals surface area contributed by atoms with Gasteiger partial charge in [0.2, 0.25) is 0 Å². The number of anilines is 1. The van der Waals surface area contributed by atoms with Crippen molar-refractivity contribution in [3.8, 4) is 6.07 Å². The second kappa shape index (κ2) is 10.4. The highest BCUT2D eigenvalue weighted by Crippen LogP contribution is 2.36. The predicted molar refractivity (Wildman–Crippen MR) is 128 cm³/mol. The Morgan fingerprint density at radius 3 is 2.15 bits per heavy atom. The van der Waals surface area contributed by atoms with E-state index in [9.17, 15) is 14.9 Å². The van der Waals surface area contributed by atoms with E-state index in [0.717, 1.165) is 5.56 Å². The van der Waals surface area contributed by atoms with Crippen LogP contribution in [0.5, 0.6) is 0 Å². The molecule has 0 saturated carbocycles. The summed E-state index contributed by atoms with van der Waals surface area (Å²) in [4.78, 5) is 25.4. The molecule has 1 unspecified atom stereocenters. The Kier molecular flexibility index (Phi) is 7.37. The van der Waals surface area contributed by atoms with Crippen LogP contribution in [0, 0.1) is 18.3 Å². The number of nitriles is 1. The molecule has 0 aliphatic rings. The van der Waals surface area contributed by atoms with Gasteiger partial charge in [-0.2, -0.15) is 10.4 Å². The number of nitrogens with zero attached hydrogens (tertiary/aromatic N) is 2. The second-order valence-electron chi connectivity index (χ2n) is 7.53. The molecule has 0 aromatic heterocycles. The van der Waals surface area contributed by atoms with Crippen LogP contribution in [0.3, 0.4) is 0 Å². The largest absolute Gasteiger partial charge is 0.461 e. The molecule has 0 heterocycles. The first-order valence-corrected chi connectivity index (χ1v) is 10.6. The van der Waals surface area contributed by atoms with Crippen LogP contribution >= 0.6 is 0 Å². The number of Topliss-reactive ketones (excluding diaryl/α,β-unsaturated/α-hetero) is 1. The summed E-state index contributed by atoms with van der Waals surface area (Å²) in [6.07, 6.45) is 0. The first-order valence-electron chi connectivity index (χ1n) is 10.6. The third-order valence-corrected chi connectivity index (χ3v) is 5.27. The van der Waals surface area contributed by atoms with Gasteiger partial charge in [0.25, 0.3) is 0 Å². The summed E-state index contributed by atoms with van der Waals surface area (Å²) in [6.45, 7) is 5.49. The fourth-order valence-corrected chi connectivity index (χ4v) is 3.44. The summed E-state index contributed by atoms with van der Waals surface area (Å²) in [6, 6.07) is 25.4. The highest BCUT2D eigenvalue weighted by atomic mass is 16.5. The number of rotatable bonds is 8. The van der Waals surface area contributed by atoms with Gasteiger partial charge in [0.15, 0.2) is 11.2 Å². The fraction of sp³-hybridized carbons (Fsp3) is 0.185. The zero-order chi connectivity index (χ0) is 23.8. The van der Waals surface area contributed by atoms with Gasteiger partial charge in [-0.1, -0.05) is 72.3 Å². The summed E-state index contributed by atoms with van der Waals surface area (Å²) in [5.41, 5.74) is 4.70. The molecule has 0 radical (unpaired) electrons. The molecule has 6 nitrogen and oxygen atoms in total. The zero-order valence-corrected chi connectivity index (χ0v) is 18.8. The Morgan fingerprint density at radius 1 is 0.970 bits per heavy atom. The molecule has 0 aliphatic carbocycles. The number of hydrazone groups is 1. The van der Waals surface area contributed by atoms with Crippen LogP contribution in [0.2, 0.25) is 0 Å². The lowest BCUT2D eigenvalue weighted by Crippen LogP contribution is -2.36. The highest BCUT2D eigenvalue weighted by molar-refractivity contribution is 6.35. The molecular weight excluding hydrogens is 414 g/mol. The molecule has 0 spiro atoms. The molecule has 0 bridgehead atoms. The first kappa shape index (κ1) is 23.4. The summed E-state index contributed by atoms with van der Waals surface area (Å²) in [5, 5.41) is 14.4. The SMILES string of the molecule is CCOC(=O)/C(C)=N/Nc1ccc(C(C#N)(C(=O)c2ccc(C)cc2)c2ccccc2)cc1. The van der Waals surface area contributed by atoms with Crippen molar-refractivity contribution in [1.82, 2.24) is 0 Å². The number of nitrogens with one attached hydrogen (secondary N) is 1. The topological polar surface area (TPSA) is 91.5 Å². The van der Waals surface area contributed by atoms with E-state index in [4.69, 9.17) is 4.74 Å². The maximum atomic E-state index is 13.7. The minimum atomic E-state index is -1.51. The molecule has 166 valence electrons. The summed E-state index contributed by atoms with van der Waals surface area (Å²) < 4.78 is 4.91. The minimum Gasteiger partial charge on any atom is -0.461 e. The molecule has 0 amide bonds. The highest BCUT2D eigenvalue weighted by Gasteiger charge is 2.43. The third kappa shape index (κ3) is 4.99. The van der Waals surface area contributed by atoms with E-state index in [0.29, 0.717) is 22.4 Å². The number of esters is 1. The van der Waals surface area contributed by atoms with Crippen molar-refractivity contribution in [2.24, 2.45) is 5.10 Å². The van der Waals surface area contributed by atoms with Gasteiger partial charge in [0.05, 0.1) is 18.4 Å². The fourth-order valence-electron chi connectivity index (χ4n) is 3.44. The second-order valence-corrected chi connectivity index (χ2v) is 7.53. The molecule has 6 heteroatoms. The van der Waals surface area contributed by atoms with Crippen molar-refractivity contribution in [3.63, 3.8) is 0 Å². The number of benzene rings is 3. The summed E-state index contributed by atoms with van der Waals surface area (Å²) >= 11 is 0. The standard InChI is InChI=1S/C27H25N3O3/c1-4-33-26(32)20(3)29-30-24-16-14-23(15-17-24)27(18-28,22-8-6-5-7-9-22)25(31)21-12-10-19(2)11-13-21/h5-17,30H,4H2,1-3H3/b29-20+. The number of ether oxygens (including phenoxy) is 1. The number of hydrogen-bond acceptors (Lipinski definition) is 6. The van der Waals surface area contributed by atoms with Gasteiger partial charge in [-0.05, 0) is 44.0 Å². The molecule has 3 aromatic rings. The van der Waals surface area contributed by atoms with E-state index < -0.39 is 11.4 Å². The van der Waals surface area contributed by atoms with Gasteiger partial charge >= 0.3 is 5.97 Å². The smallest absolute Gasteiger partial charge is 0.354 e. The number of carbonyl (C=O) groups is 2. The van der Waals surface area contributed by atoms with Gasteiger partial charge in [0.1, 0.15) is 5.71 Å². The van der Waals surface area contributed by atoms with E-state index in [1.54, 1.807) is 62.4 Å². The van der Waals surface area contributed by atoms with E-state index in [1.165, 1.54) is 0 Å². The van der Waals surface area contributed by atoms with Crippen LogP contribution in [0.4, 0.5) is 5.69 Å². The van der Waals surface area contributed by atoms with Crippen LogP contribution in [-0.4, -0.2) is 24.1 Å². The van der Waals surface area contributed by atoms with Crippen LogP contribution in [0.25, 0.3) is 0 Å². The average molecular weight is 440 g/mol. The minimum absolute atomic E-state index is 0.186. The molecule has 0 aliphatic heterocycles. The third-order valence-electron chi connectivity index (χ3n) is 5.27. The van der Waals surface area contributed by atoms with Crippen molar-refractivity contribution >= 4 is 23.2 Å². The Hall–Kier alpha value is -4.24. The summed E-state index contributed by atoms with van der Waals surface area (Å²) in [5.74, 6) is -0.800. The molecule has 0 saturated heterocycles. The van der Waals surface area contributed by atoms with Crippen LogP contribution in [0.15, 0.2) is 84.0 Å². The van der Waals surface area contributed by atoms with Crippen molar-refractivity contribution in [3.05, 3.63) is 101 Å². The summed E-state index contributed by atoms with van der Waals surface area (Å²) in [7, 11) is 0. The lowest BCUT2D eigenvalue weighted by atomic mass is 9.70. The molecule has 1 N–H and O–H groups in total. The average Bonchev–Trinajstić information content (AvgIpc) is 2.85. The van der Waals surface area contributed by atoms with Gasteiger partial charge in [-0.25, -0.2) is 4.79 Å². The quantitative estimate of drug-likeness (QED) is 0.230. The number of ketones is 1. The van der Waals surface area contributed by atoms with E-state index >= 15 is 0 Å². The van der Waals surface area contributed by atoms with Crippen LogP contribution in [0.1, 0.15) is 40.9 Å².